The van der Waals surface area contributed by atoms with Crippen LogP contribution in [0.15, 0.2) is 6.33 Å². The van der Waals surface area contributed by atoms with E-state index in [-0.39, 0.29) is 12.6 Å². The number of aromatic nitrogens is 3. The number of amides is 2. The van der Waals surface area contributed by atoms with Crippen LogP contribution in [-0.4, -0.2) is 74.8 Å². The van der Waals surface area contributed by atoms with Crippen molar-refractivity contribution in [2.45, 2.75) is 13.0 Å². The topological polar surface area (TPSA) is 114 Å². The molecule has 110 valence electrons. The molecule has 1 aromatic heterocycles. The molecule has 1 aliphatic rings. The van der Waals surface area contributed by atoms with Crippen LogP contribution in [0.5, 0.6) is 0 Å². The maximum atomic E-state index is 12.0. The normalized spacial score (nSPS) is 16.7. The largest absolute Gasteiger partial charge is 0.480 e. The lowest BCUT2D eigenvalue weighted by Crippen LogP contribution is -2.42. The summed E-state index contributed by atoms with van der Waals surface area (Å²) >= 11 is 0. The van der Waals surface area contributed by atoms with E-state index in [1.54, 1.807) is 4.90 Å². The van der Waals surface area contributed by atoms with Gasteiger partial charge in [0.15, 0.2) is 0 Å². The molecule has 1 aromatic rings. The van der Waals surface area contributed by atoms with E-state index in [1.807, 2.05) is 4.90 Å². The first-order valence-electron chi connectivity index (χ1n) is 6.46. The van der Waals surface area contributed by atoms with Crippen LogP contribution in [-0.2, 0) is 11.3 Å². The summed E-state index contributed by atoms with van der Waals surface area (Å²) in [7, 11) is 0. The van der Waals surface area contributed by atoms with E-state index >= 15 is 0 Å². The summed E-state index contributed by atoms with van der Waals surface area (Å²) in [5.41, 5.74) is 0. The Bertz CT molecular complexity index is 449. The Morgan fingerprint density at radius 1 is 1.35 bits per heavy atom. The van der Waals surface area contributed by atoms with Crippen LogP contribution in [0.25, 0.3) is 0 Å². The molecule has 0 aromatic carbocycles. The SMILES string of the molecule is O=C(O)CN1CCCN(C(=O)NCc2ncn[nH]2)CC1. The third-order valence-electron chi connectivity index (χ3n) is 3.11. The standard InChI is InChI=1S/C11H18N6O3/c18-10(19)7-16-2-1-3-17(5-4-16)11(20)12-6-9-13-8-14-15-9/h8H,1-7H2,(H,12,20)(H,18,19)(H,13,14,15). The molecule has 0 unspecified atom stereocenters. The molecule has 1 fully saturated rings. The molecule has 0 spiro atoms. The molecular formula is C11H18N6O3. The van der Waals surface area contributed by atoms with E-state index in [4.69, 9.17) is 5.11 Å². The molecule has 0 bridgehead atoms. The van der Waals surface area contributed by atoms with Crippen LogP contribution >= 0.6 is 0 Å². The van der Waals surface area contributed by atoms with Crippen LogP contribution < -0.4 is 5.32 Å². The summed E-state index contributed by atoms with van der Waals surface area (Å²) in [5, 5.41) is 17.9. The minimum Gasteiger partial charge on any atom is -0.480 e. The van der Waals surface area contributed by atoms with Gasteiger partial charge in [-0.25, -0.2) is 9.78 Å². The number of carboxylic acids is 1. The number of hydrogen-bond acceptors (Lipinski definition) is 5. The molecule has 0 saturated carbocycles. The van der Waals surface area contributed by atoms with Gasteiger partial charge < -0.3 is 15.3 Å². The zero-order chi connectivity index (χ0) is 14.4. The van der Waals surface area contributed by atoms with Gasteiger partial charge >= 0.3 is 12.0 Å². The fraction of sp³-hybridized carbons (Fsp3) is 0.636. The van der Waals surface area contributed by atoms with E-state index in [0.717, 1.165) is 6.42 Å². The second kappa shape index (κ2) is 6.85. The molecule has 3 N–H and O–H groups in total. The third-order valence-corrected chi connectivity index (χ3v) is 3.11. The van der Waals surface area contributed by atoms with Gasteiger partial charge in [-0.05, 0) is 6.42 Å². The van der Waals surface area contributed by atoms with Gasteiger partial charge in [-0.2, -0.15) is 5.10 Å². The van der Waals surface area contributed by atoms with Crippen molar-refractivity contribution in [1.82, 2.24) is 30.3 Å². The molecule has 2 rings (SSSR count). The number of carboxylic acid groups (broad SMARTS) is 1. The van der Waals surface area contributed by atoms with E-state index in [9.17, 15) is 9.59 Å². The van der Waals surface area contributed by atoms with Crippen molar-refractivity contribution in [3.05, 3.63) is 12.2 Å². The Morgan fingerprint density at radius 2 is 2.20 bits per heavy atom. The van der Waals surface area contributed by atoms with Crippen LogP contribution in [0.2, 0.25) is 0 Å². The zero-order valence-corrected chi connectivity index (χ0v) is 11.1. The van der Waals surface area contributed by atoms with Gasteiger partial charge in [-0.15, -0.1) is 0 Å². The first-order valence-corrected chi connectivity index (χ1v) is 6.46. The summed E-state index contributed by atoms with van der Waals surface area (Å²) in [6.45, 7) is 2.73. The number of hydrogen-bond donors (Lipinski definition) is 3. The van der Waals surface area contributed by atoms with Crippen molar-refractivity contribution in [3.8, 4) is 0 Å². The number of nitrogens with one attached hydrogen (secondary N) is 2. The Morgan fingerprint density at radius 3 is 2.90 bits per heavy atom. The van der Waals surface area contributed by atoms with Crippen molar-refractivity contribution in [1.29, 1.82) is 0 Å². The average molecular weight is 282 g/mol. The van der Waals surface area contributed by atoms with Gasteiger partial charge in [0, 0.05) is 26.2 Å². The highest BCUT2D eigenvalue weighted by atomic mass is 16.4. The smallest absolute Gasteiger partial charge is 0.317 e. The summed E-state index contributed by atoms with van der Waals surface area (Å²) in [5.74, 6) is -0.242. The number of aliphatic carboxylic acids is 1. The van der Waals surface area contributed by atoms with E-state index in [0.29, 0.717) is 38.5 Å². The second-order valence-electron chi connectivity index (χ2n) is 4.60. The minimum atomic E-state index is -0.840. The molecule has 9 heteroatoms. The summed E-state index contributed by atoms with van der Waals surface area (Å²) in [6, 6.07) is -0.168. The molecular weight excluding hydrogens is 264 g/mol. The van der Waals surface area contributed by atoms with Crippen molar-refractivity contribution in [3.63, 3.8) is 0 Å². The lowest BCUT2D eigenvalue weighted by atomic mass is 10.4. The maximum Gasteiger partial charge on any atom is 0.317 e. The molecule has 1 saturated heterocycles. The molecule has 2 heterocycles. The highest BCUT2D eigenvalue weighted by Gasteiger charge is 2.20. The maximum absolute atomic E-state index is 12.0. The first kappa shape index (κ1) is 14.3. The van der Waals surface area contributed by atoms with Crippen molar-refractivity contribution >= 4 is 12.0 Å². The van der Waals surface area contributed by atoms with Gasteiger partial charge in [0.25, 0.3) is 0 Å². The third kappa shape index (κ3) is 4.19. The summed E-state index contributed by atoms with van der Waals surface area (Å²) in [4.78, 5) is 30.1. The molecule has 0 aliphatic carbocycles. The number of carbonyl (C=O) groups excluding carboxylic acids is 1. The monoisotopic (exact) mass is 282 g/mol. The lowest BCUT2D eigenvalue weighted by molar-refractivity contribution is -0.138. The Labute approximate surface area is 116 Å². The number of carbonyl (C=O) groups is 2. The van der Waals surface area contributed by atoms with Gasteiger partial charge in [0.1, 0.15) is 12.2 Å². The Balaban J connectivity index is 1.77. The fourth-order valence-electron chi connectivity index (χ4n) is 2.11. The molecule has 0 atom stereocenters. The highest BCUT2D eigenvalue weighted by Crippen LogP contribution is 2.03. The van der Waals surface area contributed by atoms with Crippen molar-refractivity contribution in [2.24, 2.45) is 0 Å². The number of nitrogens with zero attached hydrogens (tertiary/aromatic N) is 4. The molecule has 1 aliphatic heterocycles. The van der Waals surface area contributed by atoms with E-state index in [1.165, 1.54) is 6.33 Å². The fourth-order valence-corrected chi connectivity index (χ4v) is 2.11. The van der Waals surface area contributed by atoms with Crippen LogP contribution in [0, 0.1) is 0 Å². The van der Waals surface area contributed by atoms with Gasteiger partial charge in [0.05, 0.1) is 13.1 Å². The molecule has 2 amide bonds. The first-order chi connectivity index (χ1) is 9.65. The number of urea groups is 1. The summed E-state index contributed by atoms with van der Waals surface area (Å²) < 4.78 is 0. The number of aromatic amines is 1. The zero-order valence-electron chi connectivity index (χ0n) is 11.1. The van der Waals surface area contributed by atoms with E-state index in [2.05, 4.69) is 20.5 Å². The van der Waals surface area contributed by atoms with Crippen molar-refractivity contribution in [2.75, 3.05) is 32.7 Å². The molecule has 0 radical (unpaired) electrons. The van der Waals surface area contributed by atoms with Gasteiger partial charge in [-0.3, -0.25) is 14.8 Å². The Kier molecular flexibility index (Phi) is 4.88. The van der Waals surface area contributed by atoms with Gasteiger partial charge in [0.2, 0.25) is 0 Å². The van der Waals surface area contributed by atoms with Crippen LogP contribution in [0.1, 0.15) is 12.2 Å². The highest BCUT2D eigenvalue weighted by molar-refractivity contribution is 5.74. The van der Waals surface area contributed by atoms with Gasteiger partial charge in [-0.1, -0.05) is 0 Å². The lowest BCUT2D eigenvalue weighted by Gasteiger charge is -2.21. The predicted molar refractivity (Wildman–Crippen MR) is 68.9 cm³/mol. The Hall–Kier alpha value is -2.16. The predicted octanol–water partition coefficient (Wildman–Crippen LogP) is -0.893. The number of H-pyrrole nitrogens is 1. The minimum absolute atomic E-state index is 0.0214. The molecule has 9 nitrogen and oxygen atoms in total. The quantitative estimate of drug-likeness (QED) is 0.660. The van der Waals surface area contributed by atoms with E-state index < -0.39 is 5.97 Å². The van der Waals surface area contributed by atoms with Crippen LogP contribution in [0.4, 0.5) is 4.79 Å². The molecule has 20 heavy (non-hydrogen) atoms. The summed E-state index contributed by atoms with van der Waals surface area (Å²) in [6.07, 6.45) is 2.15. The average Bonchev–Trinajstić information content (AvgIpc) is 2.82. The second-order valence-corrected chi connectivity index (χ2v) is 4.60. The van der Waals surface area contributed by atoms with Crippen LogP contribution in [0.3, 0.4) is 0 Å². The van der Waals surface area contributed by atoms with Crippen molar-refractivity contribution < 1.29 is 14.7 Å². The number of rotatable bonds is 4.